The number of aryl methyl sites for hydroxylation is 1. The predicted octanol–water partition coefficient (Wildman–Crippen LogP) is 3.78. The second-order valence-corrected chi connectivity index (χ2v) is 5.41. The van der Waals surface area contributed by atoms with Crippen molar-refractivity contribution in [2.24, 2.45) is 0 Å². The molecular weight excluding hydrogens is 291 g/mol. The number of nitrogens with zero attached hydrogens (tertiary/aromatic N) is 2. The summed E-state index contributed by atoms with van der Waals surface area (Å²) in [6.45, 7) is 2.22. The van der Waals surface area contributed by atoms with Crippen LogP contribution in [-0.2, 0) is 12.8 Å². The maximum Gasteiger partial charge on any atom is 0.123 e. The molecule has 0 saturated carbocycles. The normalized spacial score (nSPS) is 10.9. The van der Waals surface area contributed by atoms with E-state index in [0.717, 1.165) is 34.8 Å². The molecule has 0 aliphatic rings. The molecule has 0 spiro atoms. The molecule has 3 rings (SSSR count). The highest BCUT2D eigenvalue weighted by Gasteiger charge is 2.10. The van der Waals surface area contributed by atoms with Crippen LogP contribution in [0.25, 0.3) is 16.9 Å². The monoisotopic (exact) mass is 310 g/mol. The summed E-state index contributed by atoms with van der Waals surface area (Å²) in [5.41, 5.74) is 3.87. The maximum absolute atomic E-state index is 13.1. The molecule has 0 amide bonds. The van der Waals surface area contributed by atoms with Crippen LogP contribution in [0.5, 0.6) is 0 Å². The van der Waals surface area contributed by atoms with Gasteiger partial charge in [0.2, 0.25) is 0 Å². The van der Waals surface area contributed by atoms with Crippen LogP contribution in [0.2, 0.25) is 0 Å². The highest BCUT2D eigenvalue weighted by atomic mass is 19.1. The van der Waals surface area contributed by atoms with Crippen molar-refractivity contribution in [1.82, 2.24) is 9.55 Å². The van der Waals surface area contributed by atoms with E-state index in [1.54, 1.807) is 12.1 Å². The van der Waals surface area contributed by atoms with Gasteiger partial charge in [-0.1, -0.05) is 19.1 Å². The predicted molar refractivity (Wildman–Crippen MR) is 89.1 cm³/mol. The third kappa shape index (κ3) is 3.32. The fraction of sp³-hybridized carbons (Fsp3) is 0.211. The smallest absolute Gasteiger partial charge is 0.123 e. The average molecular weight is 310 g/mol. The van der Waals surface area contributed by atoms with Gasteiger partial charge in [0.1, 0.15) is 11.6 Å². The molecule has 0 fully saturated rings. The van der Waals surface area contributed by atoms with E-state index in [9.17, 15) is 4.39 Å². The Labute approximate surface area is 135 Å². The van der Waals surface area contributed by atoms with Crippen LogP contribution in [0.3, 0.4) is 0 Å². The van der Waals surface area contributed by atoms with Crippen molar-refractivity contribution in [1.29, 1.82) is 0 Å². The molecule has 3 aromatic rings. The van der Waals surface area contributed by atoms with Gasteiger partial charge in [-0.15, -0.1) is 0 Å². The van der Waals surface area contributed by atoms with E-state index < -0.39 is 0 Å². The van der Waals surface area contributed by atoms with Crippen LogP contribution in [-0.4, -0.2) is 21.3 Å². The lowest BCUT2D eigenvalue weighted by Gasteiger charge is -2.07. The van der Waals surface area contributed by atoms with E-state index in [-0.39, 0.29) is 12.4 Å². The number of rotatable bonds is 5. The standard InChI is InChI=1S/C19H19FN2O/c1-2-19-21-18(15-5-7-16(20)8-6-15)13-22(19)17-9-3-14(4-10-17)11-12-23/h3-10,13,23H,2,11-12H2,1H3. The van der Waals surface area contributed by atoms with Gasteiger partial charge in [-0.25, -0.2) is 9.37 Å². The fourth-order valence-corrected chi connectivity index (χ4v) is 2.60. The van der Waals surface area contributed by atoms with E-state index in [1.807, 2.05) is 30.5 Å². The summed E-state index contributed by atoms with van der Waals surface area (Å²) in [7, 11) is 0. The Kier molecular flexibility index (Phi) is 4.53. The van der Waals surface area contributed by atoms with E-state index in [4.69, 9.17) is 5.11 Å². The van der Waals surface area contributed by atoms with Crippen molar-refractivity contribution >= 4 is 0 Å². The largest absolute Gasteiger partial charge is 0.396 e. The van der Waals surface area contributed by atoms with Crippen LogP contribution in [0.1, 0.15) is 18.3 Å². The van der Waals surface area contributed by atoms with Crippen molar-refractivity contribution in [3.8, 4) is 16.9 Å². The van der Waals surface area contributed by atoms with E-state index in [0.29, 0.717) is 6.42 Å². The van der Waals surface area contributed by atoms with Gasteiger partial charge < -0.3 is 9.67 Å². The van der Waals surface area contributed by atoms with E-state index >= 15 is 0 Å². The number of aliphatic hydroxyl groups is 1. The Morgan fingerprint density at radius 1 is 1.04 bits per heavy atom. The first-order valence-corrected chi connectivity index (χ1v) is 7.75. The van der Waals surface area contributed by atoms with Crippen molar-refractivity contribution in [2.75, 3.05) is 6.61 Å². The number of halogens is 1. The first kappa shape index (κ1) is 15.4. The Morgan fingerprint density at radius 3 is 2.35 bits per heavy atom. The number of imidazole rings is 1. The second-order valence-electron chi connectivity index (χ2n) is 5.41. The minimum Gasteiger partial charge on any atom is -0.396 e. The topological polar surface area (TPSA) is 38.0 Å². The molecule has 0 bridgehead atoms. The number of aliphatic hydroxyl groups excluding tert-OH is 1. The van der Waals surface area contributed by atoms with Gasteiger partial charge >= 0.3 is 0 Å². The Morgan fingerprint density at radius 2 is 1.74 bits per heavy atom. The molecular formula is C19H19FN2O. The number of aromatic nitrogens is 2. The zero-order chi connectivity index (χ0) is 16.2. The summed E-state index contributed by atoms with van der Waals surface area (Å²) in [6, 6.07) is 14.5. The first-order valence-electron chi connectivity index (χ1n) is 7.75. The average Bonchev–Trinajstić information content (AvgIpc) is 3.01. The lowest BCUT2D eigenvalue weighted by atomic mass is 10.1. The lowest BCUT2D eigenvalue weighted by Crippen LogP contribution is -1.99. The van der Waals surface area contributed by atoms with Crippen molar-refractivity contribution in [2.45, 2.75) is 19.8 Å². The second kappa shape index (κ2) is 6.75. The zero-order valence-electron chi connectivity index (χ0n) is 13.0. The van der Waals surface area contributed by atoms with Gasteiger partial charge in [0, 0.05) is 30.5 Å². The van der Waals surface area contributed by atoms with E-state index in [1.165, 1.54) is 12.1 Å². The third-order valence-electron chi connectivity index (χ3n) is 3.85. The lowest BCUT2D eigenvalue weighted by molar-refractivity contribution is 0.299. The quantitative estimate of drug-likeness (QED) is 0.779. The fourth-order valence-electron chi connectivity index (χ4n) is 2.60. The summed E-state index contributed by atoms with van der Waals surface area (Å²) >= 11 is 0. The molecule has 0 unspecified atom stereocenters. The Bertz CT molecular complexity index is 776. The van der Waals surface area contributed by atoms with Crippen LogP contribution in [0.15, 0.2) is 54.7 Å². The first-order chi connectivity index (χ1) is 11.2. The van der Waals surface area contributed by atoms with Gasteiger partial charge in [0.25, 0.3) is 0 Å². The van der Waals surface area contributed by atoms with Crippen LogP contribution in [0, 0.1) is 5.82 Å². The Hall–Kier alpha value is -2.46. The van der Waals surface area contributed by atoms with Gasteiger partial charge in [0.05, 0.1) is 5.69 Å². The number of hydrogen-bond donors (Lipinski definition) is 1. The van der Waals surface area contributed by atoms with Gasteiger partial charge in [-0.2, -0.15) is 0 Å². The number of hydrogen-bond acceptors (Lipinski definition) is 2. The summed E-state index contributed by atoms with van der Waals surface area (Å²) in [5, 5.41) is 9.00. The summed E-state index contributed by atoms with van der Waals surface area (Å²) in [4.78, 5) is 4.66. The SMILES string of the molecule is CCc1nc(-c2ccc(F)cc2)cn1-c1ccc(CCO)cc1. The summed E-state index contributed by atoms with van der Waals surface area (Å²) in [5.74, 6) is 0.711. The van der Waals surface area contributed by atoms with Crippen molar-refractivity contribution < 1.29 is 9.50 Å². The highest BCUT2D eigenvalue weighted by molar-refractivity contribution is 5.59. The molecule has 0 aliphatic heterocycles. The Balaban J connectivity index is 1.97. The van der Waals surface area contributed by atoms with Gasteiger partial charge in [0.15, 0.2) is 0 Å². The molecule has 23 heavy (non-hydrogen) atoms. The van der Waals surface area contributed by atoms with Crippen LogP contribution < -0.4 is 0 Å². The molecule has 1 aromatic heterocycles. The molecule has 0 aliphatic carbocycles. The zero-order valence-corrected chi connectivity index (χ0v) is 13.0. The molecule has 4 heteroatoms. The van der Waals surface area contributed by atoms with Gasteiger partial charge in [-0.3, -0.25) is 0 Å². The van der Waals surface area contributed by atoms with E-state index in [2.05, 4.69) is 16.5 Å². The summed E-state index contributed by atoms with van der Waals surface area (Å²) < 4.78 is 15.1. The molecule has 0 radical (unpaired) electrons. The molecule has 1 heterocycles. The van der Waals surface area contributed by atoms with Crippen LogP contribution >= 0.6 is 0 Å². The van der Waals surface area contributed by atoms with Crippen molar-refractivity contribution in [3.63, 3.8) is 0 Å². The minimum atomic E-state index is -0.247. The van der Waals surface area contributed by atoms with Gasteiger partial charge in [-0.05, 0) is 48.4 Å². The molecule has 0 atom stereocenters. The molecule has 1 N–H and O–H groups in total. The molecule has 0 saturated heterocycles. The minimum absolute atomic E-state index is 0.152. The highest BCUT2D eigenvalue weighted by Crippen LogP contribution is 2.22. The number of benzene rings is 2. The molecule has 2 aromatic carbocycles. The van der Waals surface area contributed by atoms with Crippen molar-refractivity contribution in [3.05, 3.63) is 71.9 Å². The maximum atomic E-state index is 13.1. The molecule has 3 nitrogen and oxygen atoms in total. The summed E-state index contributed by atoms with van der Waals surface area (Å²) in [6.07, 6.45) is 3.44. The third-order valence-corrected chi connectivity index (χ3v) is 3.85. The molecule has 118 valence electrons. The van der Waals surface area contributed by atoms with Crippen LogP contribution in [0.4, 0.5) is 4.39 Å².